The van der Waals surface area contributed by atoms with Crippen molar-refractivity contribution in [1.82, 2.24) is 19.7 Å². The topological polar surface area (TPSA) is 98.7 Å². The maximum absolute atomic E-state index is 13.8. The number of nitrogen functional groups attached to an aromatic ring is 1. The number of halogens is 1. The first-order chi connectivity index (χ1) is 14.9. The molecule has 1 aromatic carbocycles. The smallest absolute Gasteiger partial charge is 0.229 e. The van der Waals surface area contributed by atoms with Crippen LogP contribution in [0.1, 0.15) is 23.5 Å². The van der Waals surface area contributed by atoms with Gasteiger partial charge >= 0.3 is 0 Å². The second-order valence-electron chi connectivity index (χ2n) is 8.03. The molecular formula is C23H21FN6O. The molecule has 3 heterocycles. The van der Waals surface area contributed by atoms with Crippen LogP contribution in [0.3, 0.4) is 0 Å². The standard InChI is InChI=1S/C23H21FN6O/c1-12-3-4-15(24)7-16(12)20-5-13-6-21(26-10-19(13)22(25)28-20)29-23(31)18-8-17(18)14-9-27-30(2)11-14/h3-7,9-11,17-18H,8H2,1-2H3,(H2,25,28)(H,26,29,31)/t17-,18+/m1/s1. The molecule has 0 unspecified atom stereocenters. The van der Waals surface area contributed by atoms with E-state index in [0.29, 0.717) is 28.3 Å². The highest BCUT2D eigenvalue weighted by molar-refractivity contribution is 5.98. The Hall–Kier alpha value is -3.81. The predicted molar refractivity (Wildman–Crippen MR) is 117 cm³/mol. The van der Waals surface area contributed by atoms with Gasteiger partial charge < -0.3 is 11.1 Å². The fraction of sp³-hybridized carbons (Fsp3) is 0.217. The van der Waals surface area contributed by atoms with Gasteiger partial charge in [-0.3, -0.25) is 9.48 Å². The van der Waals surface area contributed by atoms with Crippen LogP contribution in [-0.2, 0) is 11.8 Å². The van der Waals surface area contributed by atoms with Crippen LogP contribution in [0.15, 0.2) is 48.9 Å². The molecule has 7 nitrogen and oxygen atoms in total. The van der Waals surface area contributed by atoms with Crippen molar-refractivity contribution in [1.29, 1.82) is 0 Å². The largest absolute Gasteiger partial charge is 0.383 e. The number of aryl methyl sites for hydroxylation is 2. The summed E-state index contributed by atoms with van der Waals surface area (Å²) in [6.07, 6.45) is 6.14. The number of nitrogens with one attached hydrogen (secondary N) is 1. The Morgan fingerprint density at radius 3 is 2.87 bits per heavy atom. The van der Waals surface area contributed by atoms with Crippen LogP contribution < -0.4 is 11.1 Å². The van der Waals surface area contributed by atoms with E-state index in [1.807, 2.05) is 26.2 Å². The van der Waals surface area contributed by atoms with Crippen LogP contribution in [0.2, 0.25) is 0 Å². The van der Waals surface area contributed by atoms with Gasteiger partial charge in [0.1, 0.15) is 17.5 Å². The second kappa shape index (κ2) is 7.16. The molecule has 3 aromatic heterocycles. The third kappa shape index (κ3) is 3.61. The van der Waals surface area contributed by atoms with Crippen LogP contribution in [0.5, 0.6) is 0 Å². The molecule has 1 saturated carbocycles. The average molecular weight is 416 g/mol. The molecule has 8 heteroatoms. The van der Waals surface area contributed by atoms with E-state index in [9.17, 15) is 9.18 Å². The highest BCUT2D eigenvalue weighted by atomic mass is 19.1. The molecule has 1 amide bonds. The maximum Gasteiger partial charge on any atom is 0.229 e. The average Bonchev–Trinajstić information content (AvgIpc) is 3.43. The third-order valence-corrected chi connectivity index (χ3v) is 5.75. The van der Waals surface area contributed by atoms with E-state index in [1.54, 1.807) is 29.2 Å². The SMILES string of the molecule is Cc1ccc(F)cc1-c1cc2cc(NC(=O)[C@H]3C[C@@H]3c3cnn(C)c3)ncc2c(N)n1. The molecule has 1 aliphatic rings. The summed E-state index contributed by atoms with van der Waals surface area (Å²) in [7, 11) is 1.86. The number of carbonyl (C=O) groups is 1. The van der Waals surface area contributed by atoms with Crippen LogP contribution >= 0.6 is 0 Å². The lowest BCUT2D eigenvalue weighted by molar-refractivity contribution is -0.117. The Bertz CT molecular complexity index is 1330. The van der Waals surface area contributed by atoms with Gasteiger partial charge in [-0.1, -0.05) is 6.07 Å². The number of hydrogen-bond donors (Lipinski definition) is 2. The first kappa shape index (κ1) is 19.2. The van der Waals surface area contributed by atoms with Crippen molar-refractivity contribution in [2.24, 2.45) is 13.0 Å². The number of nitrogens with two attached hydrogens (primary N) is 1. The number of amides is 1. The van der Waals surface area contributed by atoms with Crippen molar-refractivity contribution < 1.29 is 9.18 Å². The van der Waals surface area contributed by atoms with Crippen LogP contribution in [-0.4, -0.2) is 25.7 Å². The first-order valence-corrected chi connectivity index (χ1v) is 10.0. The minimum atomic E-state index is -0.337. The monoisotopic (exact) mass is 416 g/mol. The van der Waals surface area contributed by atoms with Crippen LogP contribution in [0.4, 0.5) is 16.0 Å². The van der Waals surface area contributed by atoms with E-state index in [-0.39, 0.29) is 23.6 Å². The molecule has 31 heavy (non-hydrogen) atoms. The zero-order chi connectivity index (χ0) is 21.7. The Morgan fingerprint density at radius 2 is 2.10 bits per heavy atom. The number of fused-ring (bicyclic) bond motifs is 1. The van der Waals surface area contributed by atoms with Crippen molar-refractivity contribution in [2.45, 2.75) is 19.3 Å². The highest BCUT2D eigenvalue weighted by Gasteiger charge is 2.44. The number of nitrogens with zero attached hydrogens (tertiary/aromatic N) is 4. The number of carbonyl (C=O) groups excluding carboxylic acids is 1. The van der Waals surface area contributed by atoms with Crippen LogP contribution in [0, 0.1) is 18.7 Å². The molecule has 0 saturated heterocycles. The maximum atomic E-state index is 13.8. The van der Waals surface area contributed by atoms with Gasteiger partial charge in [-0.25, -0.2) is 14.4 Å². The number of benzene rings is 1. The van der Waals surface area contributed by atoms with Crippen molar-refractivity contribution in [3.63, 3.8) is 0 Å². The molecule has 0 spiro atoms. The zero-order valence-corrected chi connectivity index (χ0v) is 17.1. The van der Waals surface area contributed by atoms with E-state index in [2.05, 4.69) is 20.4 Å². The van der Waals surface area contributed by atoms with Gasteiger partial charge in [0.2, 0.25) is 5.91 Å². The summed E-state index contributed by atoms with van der Waals surface area (Å²) in [5.74, 6) is 0.453. The van der Waals surface area contributed by atoms with Gasteiger partial charge in [0.15, 0.2) is 0 Å². The quantitative estimate of drug-likeness (QED) is 0.527. The van der Waals surface area contributed by atoms with Gasteiger partial charge in [0, 0.05) is 36.3 Å². The molecule has 4 aromatic rings. The molecule has 2 atom stereocenters. The molecule has 3 N–H and O–H groups in total. The van der Waals surface area contributed by atoms with E-state index in [1.165, 1.54) is 12.1 Å². The summed E-state index contributed by atoms with van der Waals surface area (Å²) in [6.45, 7) is 1.89. The summed E-state index contributed by atoms with van der Waals surface area (Å²) in [4.78, 5) is 21.4. The molecule has 1 fully saturated rings. The Balaban J connectivity index is 1.42. The van der Waals surface area contributed by atoms with Crippen molar-refractivity contribution in [2.75, 3.05) is 11.1 Å². The van der Waals surface area contributed by atoms with Gasteiger partial charge in [-0.2, -0.15) is 5.10 Å². The molecule has 0 bridgehead atoms. The fourth-order valence-electron chi connectivity index (χ4n) is 3.95. The second-order valence-corrected chi connectivity index (χ2v) is 8.03. The molecule has 0 radical (unpaired) electrons. The summed E-state index contributed by atoms with van der Waals surface area (Å²) >= 11 is 0. The number of pyridine rings is 2. The van der Waals surface area contributed by atoms with Gasteiger partial charge in [-0.15, -0.1) is 0 Å². The van der Waals surface area contributed by atoms with Crippen molar-refractivity contribution in [3.8, 4) is 11.3 Å². The zero-order valence-electron chi connectivity index (χ0n) is 17.1. The molecule has 156 valence electrons. The normalized spacial score (nSPS) is 17.6. The van der Waals surface area contributed by atoms with E-state index >= 15 is 0 Å². The lowest BCUT2D eigenvalue weighted by Crippen LogP contribution is -2.15. The first-order valence-electron chi connectivity index (χ1n) is 10.0. The predicted octanol–water partition coefficient (Wildman–Crippen LogP) is 3.80. The van der Waals surface area contributed by atoms with Crippen molar-refractivity contribution >= 4 is 28.3 Å². The fourth-order valence-corrected chi connectivity index (χ4v) is 3.95. The summed E-state index contributed by atoms with van der Waals surface area (Å²) in [6, 6.07) is 8.17. The Kier molecular flexibility index (Phi) is 4.43. The van der Waals surface area contributed by atoms with Gasteiger partial charge in [0.05, 0.1) is 11.9 Å². The van der Waals surface area contributed by atoms with E-state index in [0.717, 1.165) is 22.9 Å². The minimum Gasteiger partial charge on any atom is -0.383 e. The van der Waals surface area contributed by atoms with Crippen LogP contribution in [0.25, 0.3) is 22.0 Å². The van der Waals surface area contributed by atoms with Gasteiger partial charge in [-0.05, 0) is 60.0 Å². The summed E-state index contributed by atoms with van der Waals surface area (Å²) in [5.41, 5.74) is 9.35. The molecule has 0 aliphatic heterocycles. The van der Waals surface area contributed by atoms with E-state index < -0.39 is 0 Å². The summed E-state index contributed by atoms with van der Waals surface area (Å²) in [5, 5.41) is 8.53. The minimum absolute atomic E-state index is 0.0658. The highest BCUT2D eigenvalue weighted by Crippen LogP contribution is 2.47. The van der Waals surface area contributed by atoms with Gasteiger partial charge in [0.25, 0.3) is 0 Å². The molecule has 1 aliphatic carbocycles. The van der Waals surface area contributed by atoms with Crippen molar-refractivity contribution in [3.05, 3.63) is 65.9 Å². The lowest BCUT2D eigenvalue weighted by atomic mass is 10.0. The number of aromatic nitrogens is 4. The summed E-state index contributed by atoms with van der Waals surface area (Å²) < 4.78 is 15.5. The lowest BCUT2D eigenvalue weighted by Gasteiger charge is -2.10. The molecular weight excluding hydrogens is 395 g/mol. The Morgan fingerprint density at radius 1 is 1.26 bits per heavy atom. The number of anilines is 2. The number of rotatable bonds is 4. The third-order valence-electron chi connectivity index (χ3n) is 5.75. The molecule has 5 rings (SSSR count). The van der Waals surface area contributed by atoms with E-state index in [4.69, 9.17) is 5.73 Å². The number of hydrogen-bond acceptors (Lipinski definition) is 5. The Labute approximate surface area is 178 Å².